The summed E-state index contributed by atoms with van der Waals surface area (Å²) in [6.45, 7) is -0.743. The van der Waals surface area contributed by atoms with E-state index in [4.69, 9.17) is 5.11 Å². The van der Waals surface area contributed by atoms with E-state index in [-0.39, 0.29) is 114 Å². The van der Waals surface area contributed by atoms with Crippen molar-refractivity contribution in [1.29, 1.82) is 0 Å². The van der Waals surface area contributed by atoms with Crippen molar-refractivity contribution < 1.29 is 158 Å². The van der Waals surface area contributed by atoms with Crippen LogP contribution in [0.5, 0.6) is 0 Å². The minimum absolute atomic E-state index is 0. The van der Waals surface area contributed by atoms with E-state index in [1.807, 2.05) is 0 Å². The fraction of sp³-hybridized carbons (Fsp3) is 1.00. The molecule has 0 radical (unpaired) electrons. The SMILES string of the molecule is O.O.O=P([O-])([O-])O[C@H]1O[C@H](CO)[C@@H](O)[C@H](O)[C@H]1O.[K+].[K+]. The maximum atomic E-state index is 10.3. The minimum Gasteiger partial charge on any atom is -0.790 e. The van der Waals surface area contributed by atoms with E-state index in [0.717, 1.165) is 0 Å². The second kappa shape index (κ2) is 13.4. The molecule has 0 unspecified atom stereocenters. The third-order valence-electron chi connectivity index (χ3n) is 2.08. The molecule has 11 nitrogen and oxygen atoms in total. The Kier molecular flexibility index (Phi) is 20.7. The molecule has 1 rings (SSSR count). The van der Waals surface area contributed by atoms with E-state index in [0.29, 0.717) is 0 Å². The van der Waals surface area contributed by atoms with Crippen molar-refractivity contribution in [3.8, 4) is 0 Å². The Morgan fingerprint density at radius 1 is 1.05 bits per heavy atom. The number of rotatable bonds is 3. The van der Waals surface area contributed by atoms with Crippen LogP contribution < -0.4 is 113 Å². The van der Waals surface area contributed by atoms with Crippen molar-refractivity contribution >= 4 is 7.82 Å². The summed E-state index contributed by atoms with van der Waals surface area (Å²) >= 11 is 0. The van der Waals surface area contributed by atoms with Gasteiger partial charge in [0, 0.05) is 0 Å². The van der Waals surface area contributed by atoms with Gasteiger partial charge in [0.05, 0.1) is 14.4 Å². The second-order valence-corrected chi connectivity index (χ2v) is 4.36. The molecule has 0 bridgehead atoms. The molecular formula is C6H15K2O11P. The molecule has 0 aromatic carbocycles. The maximum Gasteiger partial charge on any atom is 1.00 e. The summed E-state index contributed by atoms with van der Waals surface area (Å²) in [5.41, 5.74) is 0. The molecule has 8 N–H and O–H groups in total. The smallest absolute Gasteiger partial charge is 0.790 e. The van der Waals surface area contributed by atoms with Gasteiger partial charge in [-0.3, -0.25) is 0 Å². The Morgan fingerprint density at radius 2 is 1.50 bits per heavy atom. The quantitative estimate of drug-likeness (QED) is 0.272. The van der Waals surface area contributed by atoms with E-state index >= 15 is 0 Å². The maximum absolute atomic E-state index is 10.3. The monoisotopic (exact) mass is 372 g/mol. The molecule has 1 heterocycles. The van der Waals surface area contributed by atoms with E-state index in [1.54, 1.807) is 0 Å². The number of hydrogen-bond acceptors (Lipinski definition) is 9. The minimum atomic E-state index is -5.41. The molecule has 0 amide bonds. The molecular weight excluding hydrogens is 357 g/mol. The van der Waals surface area contributed by atoms with Crippen LogP contribution in [-0.4, -0.2) is 68.7 Å². The van der Waals surface area contributed by atoms with Crippen LogP contribution >= 0.6 is 7.82 Å². The molecule has 0 aliphatic carbocycles. The number of phosphoric ester groups is 1. The van der Waals surface area contributed by atoms with Crippen LogP contribution in [0.25, 0.3) is 0 Å². The first-order valence-electron chi connectivity index (χ1n) is 4.27. The third kappa shape index (κ3) is 9.41. The predicted octanol–water partition coefficient (Wildman–Crippen LogP) is -12.0. The second-order valence-electron chi connectivity index (χ2n) is 3.25. The van der Waals surface area contributed by atoms with Crippen molar-refractivity contribution in [2.24, 2.45) is 0 Å². The number of ether oxygens (including phenoxy) is 1. The Labute approximate surface area is 199 Å². The normalized spacial score (nSPS) is 32.8. The molecule has 5 atom stereocenters. The van der Waals surface area contributed by atoms with E-state index in [1.165, 1.54) is 0 Å². The molecule has 1 fully saturated rings. The number of aliphatic hydroxyl groups is 4. The zero-order valence-electron chi connectivity index (χ0n) is 10.9. The Bertz CT molecular complexity index is 286. The van der Waals surface area contributed by atoms with Gasteiger partial charge in [-0.25, -0.2) is 0 Å². The molecule has 112 valence electrons. The van der Waals surface area contributed by atoms with Gasteiger partial charge in [0.2, 0.25) is 0 Å². The summed E-state index contributed by atoms with van der Waals surface area (Å²) in [7, 11) is -5.41. The fourth-order valence-electron chi connectivity index (χ4n) is 1.28. The first kappa shape index (κ1) is 30.9. The molecule has 0 aromatic heterocycles. The van der Waals surface area contributed by atoms with Gasteiger partial charge in [0.25, 0.3) is 0 Å². The Morgan fingerprint density at radius 3 is 1.85 bits per heavy atom. The average molecular weight is 372 g/mol. The van der Waals surface area contributed by atoms with Crippen molar-refractivity contribution in [2.75, 3.05) is 6.61 Å². The molecule has 20 heavy (non-hydrogen) atoms. The van der Waals surface area contributed by atoms with Crippen LogP contribution in [0.4, 0.5) is 0 Å². The number of hydrogen-bond donors (Lipinski definition) is 4. The van der Waals surface area contributed by atoms with Crippen LogP contribution in [0, 0.1) is 0 Å². The molecule has 1 aliphatic rings. The average Bonchev–Trinajstić information content (AvgIpc) is 2.17. The molecule has 0 aromatic rings. The summed E-state index contributed by atoms with van der Waals surface area (Å²) in [4.78, 5) is 20.6. The molecule has 0 spiro atoms. The Hall–Kier alpha value is 3.10. The van der Waals surface area contributed by atoms with Crippen molar-refractivity contribution in [3.05, 3.63) is 0 Å². The Balaban J connectivity index is -0.000000320. The molecule has 1 aliphatic heterocycles. The van der Waals surface area contributed by atoms with Crippen LogP contribution in [0.1, 0.15) is 0 Å². The van der Waals surface area contributed by atoms with Crippen molar-refractivity contribution in [2.45, 2.75) is 30.7 Å². The molecule has 0 saturated carbocycles. The summed E-state index contributed by atoms with van der Waals surface area (Å²) in [5, 5.41) is 36.5. The van der Waals surface area contributed by atoms with E-state index in [2.05, 4.69) is 9.26 Å². The van der Waals surface area contributed by atoms with Gasteiger partial charge in [0.15, 0.2) is 6.29 Å². The first-order valence-corrected chi connectivity index (χ1v) is 5.73. The van der Waals surface area contributed by atoms with Gasteiger partial charge in [0.1, 0.15) is 24.4 Å². The predicted molar refractivity (Wildman–Crippen MR) is 49.7 cm³/mol. The molecule has 14 heteroatoms. The van der Waals surface area contributed by atoms with Gasteiger partial charge in [-0.1, -0.05) is 0 Å². The fourth-order valence-corrected chi connectivity index (χ4v) is 1.71. The summed E-state index contributed by atoms with van der Waals surface area (Å²) in [5.74, 6) is 0. The number of aliphatic hydroxyl groups excluding tert-OH is 4. The van der Waals surface area contributed by atoms with Gasteiger partial charge in [-0.15, -0.1) is 0 Å². The number of phosphoric acid groups is 1. The van der Waals surface area contributed by atoms with Crippen LogP contribution in [0.2, 0.25) is 0 Å². The summed E-state index contributed by atoms with van der Waals surface area (Å²) < 4.78 is 18.7. The van der Waals surface area contributed by atoms with Crippen LogP contribution in [0.15, 0.2) is 0 Å². The van der Waals surface area contributed by atoms with Crippen LogP contribution in [-0.2, 0) is 13.8 Å². The topological polar surface area (TPSA) is 226 Å². The zero-order valence-corrected chi connectivity index (χ0v) is 18.0. The standard InChI is InChI=1S/C6H13O9P.2K.2H2O/c7-1-2-3(8)4(9)5(10)6(14-2)15-16(11,12)13;;;;/h2-10H,1H2,(H2,11,12,13);;;2*1H2/q;2*+1;;/p-2/t2-,3-,4+,5-,6-;;;;/m1..../s1. The van der Waals surface area contributed by atoms with Crippen molar-refractivity contribution in [1.82, 2.24) is 0 Å². The van der Waals surface area contributed by atoms with Gasteiger partial charge in [-0.05, 0) is 0 Å². The third-order valence-corrected chi connectivity index (χ3v) is 2.55. The van der Waals surface area contributed by atoms with E-state index in [9.17, 15) is 29.7 Å². The van der Waals surface area contributed by atoms with Crippen LogP contribution in [0.3, 0.4) is 0 Å². The van der Waals surface area contributed by atoms with Gasteiger partial charge in [-0.2, -0.15) is 0 Å². The van der Waals surface area contributed by atoms with E-state index < -0.39 is 45.1 Å². The zero-order chi connectivity index (χ0) is 12.5. The summed E-state index contributed by atoms with van der Waals surface area (Å²) in [6, 6.07) is 0. The van der Waals surface area contributed by atoms with Gasteiger partial charge < -0.3 is 55.0 Å². The molecule has 1 saturated heterocycles. The van der Waals surface area contributed by atoms with Crippen molar-refractivity contribution in [3.63, 3.8) is 0 Å². The summed E-state index contributed by atoms with van der Waals surface area (Å²) in [6.07, 6.45) is -8.61. The van der Waals surface area contributed by atoms with Gasteiger partial charge >= 0.3 is 103 Å². The first-order chi connectivity index (χ1) is 7.26. The largest absolute Gasteiger partial charge is 1.00 e.